The first-order valence-corrected chi connectivity index (χ1v) is 10.4. The number of nitrogens with one attached hydrogen (secondary N) is 2. The van der Waals surface area contributed by atoms with E-state index in [-0.39, 0.29) is 29.6 Å². The summed E-state index contributed by atoms with van der Waals surface area (Å²) in [5, 5.41) is 5.64. The van der Waals surface area contributed by atoms with Crippen LogP contribution < -0.4 is 21.1 Å². The summed E-state index contributed by atoms with van der Waals surface area (Å²) in [5.41, 5.74) is 0.210. The van der Waals surface area contributed by atoms with E-state index < -0.39 is 17.3 Å². The van der Waals surface area contributed by atoms with Gasteiger partial charge in [0, 0.05) is 31.6 Å². The van der Waals surface area contributed by atoms with Crippen LogP contribution in [0.4, 0.5) is 14.7 Å². The summed E-state index contributed by atoms with van der Waals surface area (Å²) < 4.78 is 36.5. The van der Waals surface area contributed by atoms with E-state index in [1.165, 1.54) is 35.4 Å². The van der Waals surface area contributed by atoms with Gasteiger partial charge in [-0.2, -0.15) is 4.98 Å². The van der Waals surface area contributed by atoms with Crippen LogP contribution in [0.25, 0.3) is 16.9 Å². The first-order valence-electron chi connectivity index (χ1n) is 10.4. The standard InChI is InChI=1S/C23H22F2N6O3/c1-14(32)26-9-10-27-22-28-12-20-21(29-22)31(15-5-3-6-16(11-15)34-2)23(33)30(20)13-17-18(24)7-4-8-19(17)25/h3-8,11-12H,9-10,13H2,1-2H3,(H,26,32)(H,27,28,29). The molecule has 0 aliphatic rings. The van der Waals surface area contributed by atoms with E-state index in [1.807, 2.05) is 0 Å². The molecule has 0 bridgehead atoms. The molecular weight excluding hydrogens is 446 g/mol. The molecule has 0 radical (unpaired) electrons. The van der Waals surface area contributed by atoms with E-state index >= 15 is 0 Å². The molecule has 0 unspecified atom stereocenters. The Balaban J connectivity index is 1.83. The summed E-state index contributed by atoms with van der Waals surface area (Å²) in [4.78, 5) is 33.2. The highest BCUT2D eigenvalue weighted by Gasteiger charge is 2.20. The number of nitrogens with zero attached hydrogens (tertiary/aromatic N) is 4. The van der Waals surface area contributed by atoms with Crippen molar-refractivity contribution in [3.63, 3.8) is 0 Å². The number of methoxy groups -OCH3 is 1. The van der Waals surface area contributed by atoms with Gasteiger partial charge in [0.2, 0.25) is 11.9 Å². The van der Waals surface area contributed by atoms with E-state index in [2.05, 4.69) is 20.6 Å². The largest absolute Gasteiger partial charge is 0.497 e. The molecule has 0 atom stereocenters. The summed E-state index contributed by atoms with van der Waals surface area (Å²) in [5.74, 6) is -0.933. The van der Waals surface area contributed by atoms with Crippen molar-refractivity contribution < 1.29 is 18.3 Å². The van der Waals surface area contributed by atoms with E-state index in [0.29, 0.717) is 30.0 Å². The Labute approximate surface area is 193 Å². The van der Waals surface area contributed by atoms with Crippen molar-refractivity contribution in [1.29, 1.82) is 0 Å². The molecule has 0 saturated carbocycles. The third kappa shape index (κ3) is 4.58. The van der Waals surface area contributed by atoms with Crippen LogP contribution >= 0.6 is 0 Å². The number of amides is 1. The van der Waals surface area contributed by atoms with E-state index in [1.54, 1.807) is 24.3 Å². The number of fused-ring (bicyclic) bond motifs is 1. The number of rotatable bonds is 8. The van der Waals surface area contributed by atoms with Gasteiger partial charge in [0.25, 0.3) is 0 Å². The average molecular weight is 468 g/mol. The number of hydrogen-bond acceptors (Lipinski definition) is 6. The zero-order valence-electron chi connectivity index (χ0n) is 18.5. The van der Waals surface area contributed by atoms with Crippen LogP contribution in [-0.2, 0) is 11.3 Å². The number of hydrogen-bond donors (Lipinski definition) is 2. The zero-order valence-corrected chi connectivity index (χ0v) is 18.5. The van der Waals surface area contributed by atoms with Crippen LogP contribution in [0.3, 0.4) is 0 Å². The lowest BCUT2D eigenvalue weighted by atomic mass is 10.2. The predicted molar refractivity (Wildman–Crippen MR) is 122 cm³/mol. The Morgan fingerprint density at radius 3 is 2.56 bits per heavy atom. The fraction of sp³-hybridized carbons (Fsp3) is 0.217. The fourth-order valence-electron chi connectivity index (χ4n) is 3.51. The molecular formula is C23H22F2N6O3. The summed E-state index contributed by atoms with van der Waals surface area (Å²) in [6.07, 6.45) is 1.42. The van der Waals surface area contributed by atoms with Crippen LogP contribution in [0.15, 0.2) is 53.5 Å². The predicted octanol–water partition coefficient (Wildman–Crippen LogP) is 2.47. The second-order valence-corrected chi connectivity index (χ2v) is 7.42. The number of anilines is 1. The van der Waals surface area contributed by atoms with Crippen molar-refractivity contribution in [3.8, 4) is 11.4 Å². The quantitative estimate of drug-likeness (QED) is 0.385. The average Bonchev–Trinajstić information content (AvgIpc) is 3.09. The molecule has 0 saturated heterocycles. The molecule has 0 spiro atoms. The molecule has 0 aliphatic heterocycles. The summed E-state index contributed by atoms with van der Waals surface area (Å²) in [6, 6.07) is 10.3. The maximum atomic E-state index is 14.3. The van der Waals surface area contributed by atoms with E-state index in [9.17, 15) is 18.4 Å². The molecule has 1 amide bonds. The molecule has 9 nitrogen and oxygen atoms in total. The van der Waals surface area contributed by atoms with Gasteiger partial charge in [-0.1, -0.05) is 12.1 Å². The Hall–Kier alpha value is -4.28. The van der Waals surface area contributed by atoms with Crippen molar-refractivity contribution in [2.75, 3.05) is 25.5 Å². The number of benzene rings is 2. The number of carbonyl (C=O) groups excluding carboxylic acids is 1. The van der Waals surface area contributed by atoms with Crippen molar-refractivity contribution in [1.82, 2.24) is 24.4 Å². The Kier molecular flexibility index (Phi) is 6.53. The SMILES string of the molecule is COc1cccc(-n2c(=O)n(Cc3c(F)cccc3F)c3cnc(NCCNC(C)=O)nc32)c1. The molecule has 0 fully saturated rings. The van der Waals surface area contributed by atoms with E-state index in [0.717, 1.165) is 12.1 Å². The van der Waals surface area contributed by atoms with Crippen molar-refractivity contribution in [2.45, 2.75) is 13.5 Å². The minimum Gasteiger partial charge on any atom is -0.497 e. The fourth-order valence-corrected chi connectivity index (χ4v) is 3.51. The monoisotopic (exact) mass is 468 g/mol. The maximum absolute atomic E-state index is 14.3. The molecule has 11 heteroatoms. The molecule has 176 valence electrons. The lowest BCUT2D eigenvalue weighted by Gasteiger charge is -2.07. The molecule has 4 rings (SSSR count). The normalized spacial score (nSPS) is 10.9. The van der Waals surface area contributed by atoms with Gasteiger partial charge >= 0.3 is 5.69 Å². The summed E-state index contributed by atoms with van der Waals surface area (Å²) in [7, 11) is 1.51. The minimum absolute atomic E-state index is 0.164. The van der Waals surface area contributed by atoms with Gasteiger partial charge in [-0.15, -0.1) is 0 Å². The number of ether oxygens (including phenoxy) is 1. The zero-order chi connectivity index (χ0) is 24.2. The van der Waals surface area contributed by atoms with Crippen LogP contribution in [0.1, 0.15) is 12.5 Å². The lowest BCUT2D eigenvalue weighted by molar-refractivity contribution is -0.118. The van der Waals surface area contributed by atoms with Crippen LogP contribution in [0.5, 0.6) is 5.75 Å². The van der Waals surface area contributed by atoms with Gasteiger partial charge in [0.15, 0.2) is 5.65 Å². The Morgan fingerprint density at radius 1 is 1.12 bits per heavy atom. The van der Waals surface area contributed by atoms with Gasteiger partial charge in [-0.3, -0.25) is 9.36 Å². The third-order valence-electron chi connectivity index (χ3n) is 5.15. The number of carbonyl (C=O) groups is 1. The first kappa shape index (κ1) is 22.9. The van der Waals surface area contributed by atoms with E-state index in [4.69, 9.17) is 4.74 Å². The van der Waals surface area contributed by atoms with Gasteiger partial charge in [-0.25, -0.2) is 23.1 Å². The maximum Gasteiger partial charge on any atom is 0.335 e. The second kappa shape index (κ2) is 9.69. The number of aromatic nitrogens is 4. The molecule has 34 heavy (non-hydrogen) atoms. The summed E-state index contributed by atoms with van der Waals surface area (Å²) in [6.45, 7) is 1.78. The summed E-state index contributed by atoms with van der Waals surface area (Å²) >= 11 is 0. The Bertz CT molecular complexity index is 1400. The van der Waals surface area contributed by atoms with Gasteiger partial charge in [0.1, 0.15) is 22.9 Å². The molecule has 2 aromatic carbocycles. The number of imidazole rings is 1. The third-order valence-corrected chi connectivity index (χ3v) is 5.15. The lowest BCUT2D eigenvalue weighted by Crippen LogP contribution is -2.26. The van der Waals surface area contributed by atoms with Gasteiger partial charge in [-0.05, 0) is 24.3 Å². The second-order valence-electron chi connectivity index (χ2n) is 7.42. The van der Waals surface area contributed by atoms with Crippen LogP contribution in [0.2, 0.25) is 0 Å². The van der Waals surface area contributed by atoms with Crippen LogP contribution in [-0.4, -0.2) is 45.2 Å². The number of halogens is 2. The highest BCUT2D eigenvalue weighted by atomic mass is 19.1. The Morgan fingerprint density at radius 2 is 1.85 bits per heavy atom. The first-order chi connectivity index (χ1) is 16.4. The smallest absolute Gasteiger partial charge is 0.335 e. The molecule has 2 heterocycles. The molecule has 2 aromatic heterocycles. The topological polar surface area (TPSA) is 103 Å². The van der Waals surface area contributed by atoms with Crippen molar-refractivity contribution in [3.05, 3.63) is 76.3 Å². The van der Waals surface area contributed by atoms with Gasteiger partial charge < -0.3 is 15.4 Å². The van der Waals surface area contributed by atoms with Crippen molar-refractivity contribution in [2.24, 2.45) is 0 Å². The highest BCUT2D eigenvalue weighted by molar-refractivity contribution is 5.75. The van der Waals surface area contributed by atoms with Crippen LogP contribution in [0, 0.1) is 11.6 Å². The minimum atomic E-state index is -0.758. The van der Waals surface area contributed by atoms with Gasteiger partial charge in [0.05, 0.1) is 25.5 Å². The molecule has 2 N–H and O–H groups in total. The van der Waals surface area contributed by atoms with Crippen molar-refractivity contribution >= 4 is 23.0 Å². The molecule has 0 aliphatic carbocycles. The highest BCUT2D eigenvalue weighted by Crippen LogP contribution is 2.22. The molecule has 4 aromatic rings.